The fourth-order valence-corrected chi connectivity index (χ4v) is 1.67. The van der Waals surface area contributed by atoms with Crippen LogP contribution in [0.3, 0.4) is 0 Å². The predicted octanol–water partition coefficient (Wildman–Crippen LogP) is 1.63. The van der Waals surface area contributed by atoms with Crippen molar-refractivity contribution in [2.75, 3.05) is 26.2 Å². The van der Waals surface area contributed by atoms with Gasteiger partial charge in [0.1, 0.15) is 5.92 Å². The van der Waals surface area contributed by atoms with E-state index in [9.17, 15) is 4.79 Å². The summed E-state index contributed by atoms with van der Waals surface area (Å²) < 4.78 is 0. The maximum atomic E-state index is 11.7. The Balaban J connectivity index is 3.82. The van der Waals surface area contributed by atoms with Gasteiger partial charge >= 0.3 is 0 Å². The second-order valence-corrected chi connectivity index (χ2v) is 4.52. The van der Waals surface area contributed by atoms with E-state index >= 15 is 0 Å². The molecule has 0 rings (SSSR count). The van der Waals surface area contributed by atoms with E-state index in [1.54, 1.807) is 0 Å². The van der Waals surface area contributed by atoms with E-state index in [1.807, 2.05) is 13.8 Å². The highest BCUT2D eigenvalue weighted by atomic mass is 16.1. The van der Waals surface area contributed by atoms with Crippen LogP contribution in [-0.4, -0.2) is 37.0 Å². The van der Waals surface area contributed by atoms with E-state index < -0.39 is 5.92 Å². The quantitative estimate of drug-likeness (QED) is 0.655. The first-order valence-corrected chi connectivity index (χ1v) is 6.46. The van der Waals surface area contributed by atoms with Crippen molar-refractivity contribution < 1.29 is 4.79 Å². The average molecular weight is 239 g/mol. The molecule has 1 N–H and O–H groups in total. The summed E-state index contributed by atoms with van der Waals surface area (Å²) in [5.74, 6) is -0.590. The summed E-state index contributed by atoms with van der Waals surface area (Å²) in [6, 6.07) is 2.05. The third-order valence-electron chi connectivity index (χ3n) is 2.93. The highest BCUT2D eigenvalue weighted by molar-refractivity contribution is 5.81. The van der Waals surface area contributed by atoms with Crippen LogP contribution in [0.2, 0.25) is 0 Å². The summed E-state index contributed by atoms with van der Waals surface area (Å²) >= 11 is 0. The SMILES string of the molecule is CCN(CC)CCCNC(=O)C(C#N)C(C)C. The Morgan fingerprint density at radius 3 is 2.35 bits per heavy atom. The zero-order valence-corrected chi connectivity index (χ0v) is 11.5. The monoisotopic (exact) mass is 239 g/mol. The van der Waals surface area contributed by atoms with Gasteiger partial charge in [-0.15, -0.1) is 0 Å². The lowest BCUT2D eigenvalue weighted by atomic mass is 9.97. The van der Waals surface area contributed by atoms with Crippen molar-refractivity contribution in [2.24, 2.45) is 11.8 Å². The Morgan fingerprint density at radius 1 is 1.35 bits per heavy atom. The fourth-order valence-electron chi connectivity index (χ4n) is 1.67. The van der Waals surface area contributed by atoms with Crippen LogP contribution >= 0.6 is 0 Å². The topological polar surface area (TPSA) is 56.1 Å². The Bertz CT molecular complexity index is 254. The van der Waals surface area contributed by atoms with E-state index in [0.29, 0.717) is 6.54 Å². The smallest absolute Gasteiger partial charge is 0.237 e. The van der Waals surface area contributed by atoms with Gasteiger partial charge in [0, 0.05) is 6.54 Å². The van der Waals surface area contributed by atoms with E-state index in [4.69, 9.17) is 5.26 Å². The van der Waals surface area contributed by atoms with Gasteiger partial charge in [-0.05, 0) is 32.0 Å². The van der Waals surface area contributed by atoms with Crippen LogP contribution in [0.4, 0.5) is 0 Å². The lowest BCUT2D eigenvalue weighted by Gasteiger charge is -2.18. The van der Waals surface area contributed by atoms with Crippen molar-refractivity contribution in [3.05, 3.63) is 0 Å². The molecule has 0 aliphatic heterocycles. The molecule has 0 aliphatic rings. The summed E-state index contributed by atoms with van der Waals surface area (Å²) in [6.07, 6.45) is 0.934. The molecule has 4 nitrogen and oxygen atoms in total. The molecule has 0 radical (unpaired) electrons. The minimum Gasteiger partial charge on any atom is -0.355 e. The number of hydrogen-bond acceptors (Lipinski definition) is 3. The zero-order chi connectivity index (χ0) is 13.3. The van der Waals surface area contributed by atoms with Crippen LogP contribution in [0.5, 0.6) is 0 Å². The van der Waals surface area contributed by atoms with Gasteiger partial charge in [-0.2, -0.15) is 5.26 Å². The molecule has 0 saturated carbocycles. The van der Waals surface area contributed by atoms with Crippen LogP contribution in [0, 0.1) is 23.2 Å². The number of carbonyl (C=O) groups is 1. The number of rotatable bonds is 8. The standard InChI is InChI=1S/C13H25N3O/c1-5-16(6-2)9-7-8-15-13(17)12(10-14)11(3)4/h11-12H,5-9H2,1-4H3,(H,15,17). The molecular weight excluding hydrogens is 214 g/mol. The maximum Gasteiger partial charge on any atom is 0.237 e. The first-order chi connectivity index (χ1) is 8.06. The maximum absolute atomic E-state index is 11.7. The lowest BCUT2D eigenvalue weighted by Crippen LogP contribution is -2.35. The van der Waals surface area contributed by atoms with Crippen molar-refractivity contribution in [3.63, 3.8) is 0 Å². The lowest BCUT2D eigenvalue weighted by molar-refractivity contribution is -0.124. The molecule has 0 aromatic rings. The summed E-state index contributed by atoms with van der Waals surface area (Å²) in [7, 11) is 0. The Labute approximate surface area is 105 Å². The average Bonchev–Trinajstić information content (AvgIpc) is 2.29. The molecule has 98 valence electrons. The molecule has 0 bridgehead atoms. The van der Waals surface area contributed by atoms with Gasteiger partial charge in [0.25, 0.3) is 0 Å². The van der Waals surface area contributed by atoms with E-state index in [2.05, 4.69) is 30.1 Å². The van der Waals surface area contributed by atoms with Crippen molar-refractivity contribution in [1.82, 2.24) is 10.2 Å². The van der Waals surface area contributed by atoms with Gasteiger partial charge < -0.3 is 10.2 Å². The van der Waals surface area contributed by atoms with Crippen molar-refractivity contribution in [3.8, 4) is 6.07 Å². The van der Waals surface area contributed by atoms with Crippen molar-refractivity contribution >= 4 is 5.91 Å². The molecule has 0 aromatic carbocycles. The van der Waals surface area contributed by atoms with Gasteiger partial charge in [0.15, 0.2) is 0 Å². The number of nitriles is 1. The Hall–Kier alpha value is -1.08. The Morgan fingerprint density at radius 2 is 1.94 bits per heavy atom. The van der Waals surface area contributed by atoms with E-state index in [-0.39, 0.29) is 11.8 Å². The molecule has 0 aromatic heterocycles. The van der Waals surface area contributed by atoms with Gasteiger partial charge in [-0.3, -0.25) is 4.79 Å². The van der Waals surface area contributed by atoms with E-state index in [1.165, 1.54) is 0 Å². The van der Waals surface area contributed by atoms with Crippen molar-refractivity contribution in [2.45, 2.75) is 34.1 Å². The number of carbonyl (C=O) groups excluding carboxylic acids is 1. The molecule has 1 amide bonds. The highest BCUT2D eigenvalue weighted by Crippen LogP contribution is 2.09. The molecule has 1 atom stereocenters. The molecule has 0 saturated heterocycles. The first-order valence-electron chi connectivity index (χ1n) is 6.46. The molecule has 0 heterocycles. The van der Waals surface area contributed by atoms with Crippen LogP contribution < -0.4 is 5.32 Å². The third-order valence-corrected chi connectivity index (χ3v) is 2.93. The van der Waals surface area contributed by atoms with E-state index in [0.717, 1.165) is 26.1 Å². The third kappa shape index (κ3) is 6.28. The van der Waals surface area contributed by atoms with Gasteiger partial charge in [-0.25, -0.2) is 0 Å². The van der Waals surface area contributed by atoms with Crippen LogP contribution in [0.25, 0.3) is 0 Å². The second-order valence-electron chi connectivity index (χ2n) is 4.52. The molecule has 0 fully saturated rings. The molecule has 1 unspecified atom stereocenters. The summed E-state index contributed by atoms with van der Waals surface area (Å²) in [6.45, 7) is 11.8. The summed E-state index contributed by atoms with van der Waals surface area (Å²) in [5, 5.41) is 11.7. The highest BCUT2D eigenvalue weighted by Gasteiger charge is 2.20. The van der Waals surface area contributed by atoms with Crippen LogP contribution in [0.15, 0.2) is 0 Å². The van der Waals surface area contributed by atoms with Crippen LogP contribution in [0.1, 0.15) is 34.1 Å². The number of amides is 1. The zero-order valence-electron chi connectivity index (χ0n) is 11.5. The normalized spacial score (nSPS) is 12.5. The minimum atomic E-state index is -0.525. The van der Waals surface area contributed by atoms with Gasteiger partial charge in [0.05, 0.1) is 6.07 Å². The Kier molecular flexibility index (Phi) is 8.43. The first kappa shape index (κ1) is 15.9. The molecule has 0 spiro atoms. The number of hydrogen-bond donors (Lipinski definition) is 1. The molecule has 17 heavy (non-hydrogen) atoms. The van der Waals surface area contributed by atoms with Crippen molar-refractivity contribution in [1.29, 1.82) is 5.26 Å². The largest absolute Gasteiger partial charge is 0.355 e. The van der Waals surface area contributed by atoms with Crippen LogP contribution in [-0.2, 0) is 4.79 Å². The number of nitrogens with zero attached hydrogens (tertiary/aromatic N) is 2. The second kappa shape index (κ2) is 9.00. The summed E-state index contributed by atoms with van der Waals surface area (Å²) in [5.41, 5.74) is 0. The van der Waals surface area contributed by atoms with Gasteiger partial charge in [0.2, 0.25) is 5.91 Å². The fraction of sp³-hybridized carbons (Fsp3) is 0.846. The summed E-state index contributed by atoms with van der Waals surface area (Å²) in [4.78, 5) is 14.0. The molecular formula is C13H25N3O. The molecule has 0 aliphatic carbocycles. The predicted molar refractivity (Wildman–Crippen MR) is 69.4 cm³/mol. The number of nitrogens with one attached hydrogen (secondary N) is 1. The molecule has 4 heteroatoms. The minimum absolute atomic E-state index is 0.0720. The van der Waals surface area contributed by atoms with Gasteiger partial charge in [-0.1, -0.05) is 27.7 Å².